The fourth-order valence-corrected chi connectivity index (χ4v) is 1.94. The van der Waals surface area contributed by atoms with Crippen LogP contribution in [0.25, 0.3) is 12.3 Å². The molecular formula is C12H12BrNS. The third-order valence-corrected chi connectivity index (χ3v) is 2.93. The lowest BCUT2D eigenvalue weighted by Gasteiger charge is -1.87. The molecule has 0 N–H and O–H groups in total. The number of thiophene rings is 1. The number of rotatable bonds is 2. The molecule has 0 bridgehead atoms. The Balaban J connectivity index is 0.00000112. The van der Waals surface area contributed by atoms with Gasteiger partial charge in [-0.15, -0.1) is 11.3 Å². The van der Waals surface area contributed by atoms with Gasteiger partial charge in [-0.3, -0.25) is 0 Å². The molecule has 0 amide bonds. The quantitative estimate of drug-likeness (QED) is 0.682. The smallest absolute Gasteiger partial charge is 0.175 e. The topological polar surface area (TPSA) is 3.88 Å². The number of nitrogens with zero attached hydrogens (tertiary/aromatic N) is 1. The number of halogens is 1. The first-order chi connectivity index (χ1) is 6.86. The first kappa shape index (κ1) is 12.1. The largest absolute Gasteiger partial charge is 1.00 e. The lowest BCUT2D eigenvalue weighted by Crippen LogP contribution is -3.00. The average Bonchev–Trinajstić information content (AvgIpc) is 2.63. The second-order valence-corrected chi connectivity index (χ2v) is 4.19. The van der Waals surface area contributed by atoms with Crippen molar-refractivity contribution in [3.8, 4) is 0 Å². The molecular weight excluding hydrogens is 270 g/mol. The Bertz CT molecular complexity index is 434. The van der Waals surface area contributed by atoms with E-state index >= 15 is 0 Å². The molecule has 0 aromatic carbocycles. The van der Waals surface area contributed by atoms with Crippen molar-refractivity contribution in [2.24, 2.45) is 0 Å². The van der Waals surface area contributed by atoms with Crippen LogP contribution in [0.5, 0.6) is 0 Å². The van der Waals surface area contributed by atoms with Crippen LogP contribution in [-0.2, 0) is 0 Å². The minimum absolute atomic E-state index is 0. The Kier molecular flexibility index (Phi) is 4.72. The van der Waals surface area contributed by atoms with Crippen LogP contribution in [0.3, 0.4) is 0 Å². The minimum Gasteiger partial charge on any atom is -1.00 e. The normalized spacial score (nSPS) is 10.2. The zero-order valence-corrected chi connectivity index (χ0v) is 10.8. The van der Waals surface area contributed by atoms with E-state index in [0.717, 1.165) is 0 Å². The molecule has 15 heavy (non-hydrogen) atoms. The molecule has 0 aliphatic carbocycles. The predicted molar refractivity (Wildman–Crippen MR) is 60.9 cm³/mol. The number of hydrogen-bond acceptors (Lipinski definition) is 1. The van der Waals surface area contributed by atoms with Crippen molar-refractivity contribution in [2.45, 2.75) is 6.92 Å². The maximum atomic E-state index is 2.14. The van der Waals surface area contributed by atoms with E-state index in [1.54, 1.807) is 11.3 Å². The predicted octanol–water partition coefficient (Wildman–Crippen LogP) is -0.0241. The summed E-state index contributed by atoms with van der Waals surface area (Å²) in [5.41, 5.74) is 1.30. The third kappa shape index (κ3) is 3.29. The van der Waals surface area contributed by atoms with Gasteiger partial charge in [0.05, 0.1) is 0 Å². The van der Waals surface area contributed by atoms with Gasteiger partial charge in [0.2, 0.25) is 0 Å². The SMILES string of the molecule is Cc1sccc1C=C[n+]1ccccc1.[Br-]. The Morgan fingerprint density at radius 1 is 1.20 bits per heavy atom. The Morgan fingerprint density at radius 3 is 2.53 bits per heavy atom. The molecule has 0 saturated heterocycles. The first-order valence-electron chi connectivity index (χ1n) is 4.54. The zero-order chi connectivity index (χ0) is 9.80. The maximum absolute atomic E-state index is 2.14. The van der Waals surface area contributed by atoms with Gasteiger partial charge in [-0.1, -0.05) is 6.07 Å². The molecule has 3 heteroatoms. The van der Waals surface area contributed by atoms with E-state index in [2.05, 4.69) is 30.6 Å². The van der Waals surface area contributed by atoms with Gasteiger partial charge in [-0.05, 0) is 23.9 Å². The Labute approximate surface area is 104 Å². The molecule has 0 fully saturated rings. The second-order valence-electron chi connectivity index (χ2n) is 3.07. The molecule has 0 aliphatic rings. The van der Waals surface area contributed by atoms with Gasteiger partial charge >= 0.3 is 0 Å². The van der Waals surface area contributed by atoms with Crippen molar-refractivity contribution in [3.05, 3.63) is 52.5 Å². The molecule has 0 atom stereocenters. The molecule has 1 nitrogen and oxygen atoms in total. The molecule has 78 valence electrons. The lowest BCUT2D eigenvalue weighted by molar-refractivity contribution is -0.567. The van der Waals surface area contributed by atoms with Crippen LogP contribution in [0.2, 0.25) is 0 Å². The van der Waals surface area contributed by atoms with Gasteiger partial charge in [-0.25, -0.2) is 0 Å². The van der Waals surface area contributed by atoms with Crippen LogP contribution in [0.4, 0.5) is 0 Å². The molecule has 0 saturated carbocycles. The summed E-state index contributed by atoms with van der Waals surface area (Å²) >= 11 is 1.78. The monoisotopic (exact) mass is 281 g/mol. The first-order valence-corrected chi connectivity index (χ1v) is 5.42. The van der Waals surface area contributed by atoms with Crippen molar-refractivity contribution in [1.29, 1.82) is 0 Å². The second kappa shape index (κ2) is 5.83. The summed E-state index contributed by atoms with van der Waals surface area (Å²) in [5, 5.41) is 2.12. The van der Waals surface area contributed by atoms with Crippen LogP contribution in [0.15, 0.2) is 42.0 Å². The molecule has 0 radical (unpaired) electrons. The Hall–Kier alpha value is -0.930. The van der Waals surface area contributed by atoms with Crippen LogP contribution in [-0.4, -0.2) is 0 Å². The van der Waals surface area contributed by atoms with E-state index in [1.165, 1.54) is 10.4 Å². The van der Waals surface area contributed by atoms with Crippen molar-refractivity contribution in [3.63, 3.8) is 0 Å². The van der Waals surface area contributed by atoms with Crippen molar-refractivity contribution >= 4 is 23.6 Å². The maximum Gasteiger partial charge on any atom is 0.175 e. The highest BCUT2D eigenvalue weighted by molar-refractivity contribution is 7.10. The number of hydrogen-bond donors (Lipinski definition) is 0. The fourth-order valence-electron chi connectivity index (χ4n) is 1.25. The van der Waals surface area contributed by atoms with E-state index < -0.39 is 0 Å². The van der Waals surface area contributed by atoms with Crippen LogP contribution in [0, 0.1) is 6.92 Å². The summed E-state index contributed by atoms with van der Waals surface area (Å²) in [7, 11) is 0. The number of pyridine rings is 1. The fraction of sp³-hybridized carbons (Fsp3) is 0.0833. The minimum atomic E-state index is 0. The highest BCUT2D eigenvalue weighted by atomic mass is 79.9. The number of aryl methyl sites for hydroxylation is 1. The van der Waals surface area contributed by atoms with Gasteiger partial charge in [0, 0.05) is 23.1 Å². The van der Waals surface area contributed by atoms with Gasteiger partial charge in [-0.2, -0.15) is 4.57 Å². The van der Waals surface area contributed by atoms with E-state index in [-0.39, 0.29) is 17.0 Å². The lowest BCUT2D eigenvalue weighted by atomic mass is 10.3. The molecule has 0 spiro atoms. The standard InChI is InChI=1S/C12H12NS.BrH/c1-11-12(6-10-14-11)5-9-13-7-3-2-4-8-13;/h2-10H,1H3;1H/q+1;/p-1. The highest BCUT2D eigenvalue weighted by Crippen LogP contribution is 2.15. The zero-order valence-electron chi connectivity index (χ0n) is 8.43. The molecule has 0 aliphatic heterocycles. The van der Waals surface area contributed by atoms with Gasteiger partial charge in [0.15, 0.2) is 18.6 Å². The number of aromatic nitrogens is 1. The van der Waals surface area contributed by atoms with E-state index in [9.17, 15) is 0 Å². The molecule has 2 aromatic heterocycles. The third-order valence-electron chi connectivity index (χ3n) is 2.06. The summed E-state index contributed by atoms with van der Waals surface area (Å²) < 4.78 is 2.04. The van der Waals surface area contributed by atoms with E-state index in [4.69, 9.17) is 0 Å². The molecule has 2 aromatic rings. The van der Waals surface area contributed by atoms with E-state index in [0.29, 0.717) is 0 Å². The van der Waals surface area contributed by atoms with Crippen LogP contribution < -0.4 is 21.5 Å². The molecule has 0 unspecified atom stereocenters. The summed E-state index contributed by atoms with van der Waals surface area (Å²) in [6, 6.07) is 8.19. The highest BCUT2D eigenvalue weighted by Gasteiger charge is 1.96. The molecule has 2 rings (SSSR count). The summed E-state index contributed by atoms with van der Waals surface area (Å²) in [5.74, 6) is 0. The van der Waals surface area contributed by atoms with Crippen molar-refractivity contribution < 1.29 is 21.5 Å². The summed E-state index contributed by atoms with van der Waals surface area (Å²) in [6.07, 6.45) is 8.25. The summed E-state index contributed by atoms with van der Waals surface area (Å²) in [6.45, 7) is 2.14. The van der Waals surface area contributed by atoms with Crippen LogP contribution >= 0.6 is 11.3 Å². The van der Waals surface area contributed by atoms with Crippen LogP contribution in [0.1, 0.15) is 10.4 Å². The van der Waals surface area contributed by atoms with Gasteiger partial charge in [0.1, 0.15) is 0 Å². The van der Waals surface area contributed by atoms with E-state index in [1.807, 2.05) is 35.2 Å². The van der Waals surface area contributed by atoms with Gasteiger partial charge < -0.3 is 17.0 Å². The van der Waals surface area contributed by atoms with Crippen molar-refractivity contribution in [2.75, 3.05) is 0 Å². The average molecular weight is 282 g/mol. The van der Waals surface area contributed by atoms with Gasteiger partial charge in [0.25, 0.3) is 0 Å². The summed E-state index contributed by atoms with van der Waals surface area (Å²) in [4.78, 5) is 1.36. The molecule has 2 heterocycles. The van der Waals surface area contributed by atoms with Crippen molar-refractivity contribution in [1.82, 2.24) is 0 Å². The Morgan fingerprint density at radius 2 is 1.93 bits per heavy atom.